The molecule has 0 saturated carbocycles. The molecule has 1 aliphatic heterocycles. The lowest BCUT2D eigenvalue weighted by Gasteiger charge is -2.19. The maximum Gasteiger partial charge on any atom is 0.292 e. The zero-order chi connectivity index (χ0) is 10.1. The summed E-state index contributed by atoms with van der Waals surface area (Å²) in [5.74, 6) is 0.641. The molecule has 1 aromatic rings. The van der Waals surface area contributed by atoms with Gasteiger partial charge in [0.1, 0.15) is 6.17 Å². The molecule has 0 radical (unpaired) electrons. The number of hydrogen-bond acceptors (Lipinski definition) is 5. The lowest BCUT2D eigenvalue weighted by molar-refractivity contribution is -0.128. The summed E-state index contributed by atoms with van der Waals surface area (Å²) in [4.78, 5) is 16.8. The molecule has 0 bridgehead atoms. The number of carbonyl (C=O) groups excluding carboxylic acids is 1. The number of hydrogen-bond donors (Lipinski definition) is 2. The first-order valence-corrected chi connectivity index (χ1v) is 4.46. The number of likely N-dealkylation sites (N-methyl/N-ethyl adjacent to an activating group) is 1. The Morgan fingerprint density at radius 3 is 3.21 bits per heavy atom. The molecule has 76 valence electrons. The van der Waals surface area contributed by atoms with Crippen LogP contribution in [0.5, 0.6) is 0 Å². The van der Waals surface area contributed by atoms with E-state index in [9.17, 15) is 4.79 Å². The molecule has 0 aliphatic carbocycles. The maximum absolute atomic E-state index is 11.4. The van der Waals surface area contributed by atoms with Crippen molar-refractivity contribution in [3.05, 3.63) is 12.0 Å². The van der Waals surface area contributed by atoms with E-state index in [0.717, 1.165) is 0 Å². The molecule has 3 N–H and O–H groups in total. The first-order chi connectivity index (χ1) is 6.72. The Bertz CT molecular complexity index is 349. The number of aromatic nitrogens is 1. The summed E-state index contributed by atoms with van der Waals surface area (Å²) in [6.45, 7) is 2.88. The molecule has 1 amide bonds. The fourth-order valence-corrected chi connectivity index (χ4v) is 1.58. The molecular formula is C8H12N4O2. The number of nitrogens with zero attached hydrogens (tertiary/aromatic N) is 2. The third-order valence-corrected chi connectivity index (χ3v) is 2.23. The van der Waals surface area contributed by atoms with E-state index >= 15 is 0 Å². The van der Waals surface area contributed by atoms with Gasteiger partial charge < -0.3 is 15.1 Å². The smallest absolute Gasteiger partial charge is 0.292 e. The number of anilines is 1. The van der Waals surface area contributed by atoms with Crippen molar-refractivity contribution in [2.45, 2.75) is 13.1 Å². The van der Waals surface area contributed by atoms with E-state index in [0.29, 0.717) is 18.8 Å². The van der Waals surface area contributed by atoms with Crippen molar-refractivity contribution in [1.82, 2.24) is 15.2 Å². The highest BCUT2D eigenvalue weighted by Gasteiger charge is 2.32. The van der Waals surface area contributed by atoms with Gasteiger partial charge >= 0.3 is 0 Å². The Labute approximate surface area is 81.1 Å². The van der Waals surface area contributed by atoms with Gasteiger partial charge in [0.25, 0.3) is 6.01 Å². The van der Waals surface area contributed by atoms with Crippen molar-refractivity contribution in [2.24, 2.45) is 0 Å². The van der Waals surface area contributed by atoms with E-state index in [1.165, 1.54) is 6.20 Å². The van der Waals surface area contributed by atoms with E-state index in [1.807, 2.05) is 6.92 Å². The molecule has 1 fully saturated rings. The second-order valence-corrected chi connectivity index (χ2v) is 3.06. The van der Waals surface area contributed by atoms with Crippen LogP contribution < -0.4 is 11.1 Å². The molecule has 0 aromatic carbocycles. The zero-order valence-corrected chi connectivity index (χ0v) is 7.86. The van der Waals surface area contributed by atoms with Crippen LogP contribution in [0.1, 0.15) is 18.8 Å². The lowest BCUT2D eigenvalue weighted by atomic mass is 10.3. The number of oxazole rings is 1. The van der Waals surface area contributed by atoms with Crippen molar-refractivity contribution in [1.29, 1.82) is 0 Å². The van der Waals surface area contributed by atoms with Gasteiger partial charge in [0, 0.05) is 6.54 Å². The first kappa shape index (κ1) is 9.01. The standard InChI is InChI=1S/C8H12N4O2/c1-2-12-6(13)4-10-7(12)5-3-11-8(9)14-5/h3,7,10H,2,4H2,1H3,(H2,9,11). The summed E-state index contributed by atoms with van der Waals surface area (Å²) >= 11 is 0. The molecule has 6 heteroatoms. The van der Waals surface area contributed by atoms with Crippen molar-refractivity contribution < 1.29 is 9.21 Å². The lowest BCUT2D eigenvalue weighted by Crippen LogP contribution is -2.29. The van der Waals surface area contributed by atoms with Crippen molar-refractivity contribution in [3.63, 3.8) is 0 Å². The number of nitrogens with one attached hydrogen (secondary N) is 1. The highest BCUT2D eigenvalue weighted by Crippen LogP contribution is 2.22. The number of nitrogen functional groups attached to an aromatic ring is 1. The van der Waals surface area contributed by atoms with E-state index < -0.39 is 0 Å². The average Bonchev–Trinajstić information content (AvgIpc) is 2.71. The van der Waals surface area contributed by atoms with E-state index in [1.54, 1.807) is 4.90 Å². The van der Waals surface area contributed by atoms with Gasteiger partial charge in [-0.2, -0.15) is 0 Å². The van der Waals surface area contributed by atoms with Gasteiger partial charge in [-0.25, -0.2) is 4.98 Å². The third-order valence-electron chi connectivity index (χ3n) is 2.23. The second-order valence-electron chi connectivity index (χ2n) is 3.06. The van der Waals surface area contributed by atoms with Crippen LogP contribution in [-0.2, 0) is 4.79 Å². The Morgan fingerprint density at radius 1 is 1.86 bits per heavy atom. The van der Waals surface area contributed by atoms with Crippen molar-refractivity contribution >= 4 is 11.9 Å². The van der Waals surface area contributed by atoms with Gasteiger partial charge in [-0.3, -0.25) is 10.1 Å². The minimum atomic E-state index is -0.225. The molecule has 1 saturated heterocycles. The van der Waals surface area contributed by atoms with E-state index in [-0.39, 0.29) is 18.1 Å². The minimum absolute atomic E-state index is 0.0625. The summed E-state index contributed by atoms with van der Waals surface area (Å²) in [6, 6.07) is 0.122. The van der Waals surface area contributed by atoms with Gasteiger partial charge in [0.15, 0.2) is 5.76 Å². The molecular weight excluding hydrogens is 184 g/mol. The Kier molecular flexibility index (Phi) is 2.12. The fourth-order valence-electron chi connectivity index (χ4n) is 1.58. The summed E-state index contributed by atoms with van der Waals surface area (Å²) in [5, 5.41) is 3.02. The zero-order valence-electron chi connectivity index (χ0n) is 7.86. The summed E-state index contributed by atoms with van der Waals surface area (Å²) < 4.78 is 5.16. The summed E-state index contributed by atoms with van der Waals surface area (Å²) in [7, 11) is 0. The van der Waals surface area contributed by atoms with Crippen LogP contribution in [0.2, 0.25) is 0 Å². The van der Waals surface area contributed by atoms with E-state index in [4.69, 9.17) is 10.2 Å². The van der Waals surface area contributed by atoms with Gasteiger partial charge in [-0.1, -0.05) is 0 Å². The van der Waals surface area contributed by atoms with Crippen LogP contribution in [0.15, 0.2) is 10.6 Å². The van der Waals surface area contributed by atoms with Gasteiger partial charge in [-0.05, 0) is 6.92 Å². The molecule has 6 nitrogen and oxygen atoms in total. The number of rotatable bonds is 2. The highest BCUT2D eigenvalue weighted by atomic mass is 16.4. The first-order valence-electron chi connectivity index (χ1n) is 4.46. The molecule has 1 aliphatic rings. The van der Waals surface area contributed by atoms with Crippen LogP contribution in [0.25, 0.3) is 0 Å². The SMILES string of the molecule is CCN1C(=O)CNC1c1cnc(N)o1. The molecule has 0 spiro atoms. The Morgan fingerprint density at radius 2 is 2.64 bits per heavy atom. The Balaban J connectivity index is 2.22. The fraction of sp³-hybridized carbons (Fsp3) is 0.500. The molecule has 2 rings (SSSR count). The maximum atomic E-state index is 11.4. The number of carbonyl (C=O) groups is 1. The highest BCUT2D eigenvalue weighted by molar-refractivity contribution is 5.80. The molecule has 14 heavy (non-hydrogen) atoms. The summed E-state index contributed by atoms with van der Waals surface area (Å²) in [6.07, 6.45) is 1.31. The second kappa shape index (κ2) is 3.30. The summed E-state index contributed by atoms with van der Waals surface area (Å²) in [5.41, 5.74) is 5.36. The molecule has 1 aromatic heterocycles. The molecule has 2 heterocycles. The van der Waals surface area contributed by atoms with Crippen molar-refractivity contribution in [3.8, 4) is 0 Å². The number of nitrogens with two attached hydrogens (primary N) is 1. The van der Waals surface area contributed by atoms with Crippen LogP contribution >= 0.6 is 0 Å². The predicted octanol–water partition coefficient (Wildman–Crippen LogP) is -0.293. The molecule has 1 atom stereocenters. The van der Waals surface area contributed by atoms with Crippen LogP contribution in [0, 0.1) is 0 Å². The minimum Gasteiger partial charge on any atom is -0.425 e. The van der Waals surface area contributed by atoms with Crippen LogP contribution in [0.4, 0.5) is 6.01 Å². The number of amides is 1. The van der Waals surface area contributed by atoms with Crippen LogP contribution in [-0.4, -0.2) is 28.9 Å². The third kappa shape index (κ3) is 1.33. The van der Waals surface area contributed by atoms with Crippen LogP contribution in [0.3, 0.4) is 0 Å². The Hall–Kier alpha value is -1.56. The van der Waals surface area contributed by atoms with Gasteiger partial charge in [-0.15, -0.1) is 0 Å². The predicted molar refractivity (Wildman–Crippen MR) is 49.0 cm³/mol. The monoisotopic (exact) mass is 196 g/mol. The van der Waals surface area contributed by atoms with Gasteiger partial charge in [0.05, 0.1) is 12.7 Å². The topological polar surface area (TPSA) is 84.4 Å². The molecule has 1 unspecified atom stereocenters. The quantitative estimate of drug-likeness (QED) is 0.678. The normalized spacial score (nSPS) is 21.9. The van der Waals surface area contributed by atoms with Gasteiger partial charge in [0.2, 0.25) is 5.91 Å². The van der Waals surface area contributed by atoms with E-state index in [2.05, 4.69) is 10.3 Å². The largest absolute Gasteiger partial charge is 0.425 e. The van der Waals surface area contributed by atoms with Crippen molar-refractivity contribution in [2.75, 3.05) is 18.8 Å². The average molecular weight is 196 g/mol.